The van der Waals surface area contributed by atoms with Gasteiger partial charge in [-0.1, -0.05) is 54.6 Å². The van der Waals surface area contributed by atoms with Crippen molar-refractivity contribution in [2.45, 2.75) is 13.0 Å². The van der Waals surface area contributed by atoms with Crippen molar-refractivity contribution >= 4 is 28.5 Å². The van der Waals surface area contributed by atoms with Crippen molar-refractivity contribution in [2.75, 3.05) is 5.32 Å². The van der Waals surface area contributed by atoms with E-state index in [4.69, 9.17) is 4.74 Å². The van der Waals surface area contributed by atoms with Crippen molar-refractivity contribution in [1.29, 1.82) is 0 Å². The van der Waals surface area contributed by atoms with Gasteiger partial charge in [-0.2, -0.15) is 5.10 Å². The minimum absolute atomic E-state index is 0.156. The largest absolute Gasteiger partial charge is 0.457 e. The average molecular weight is 385 g/mol. The predicted octanol–water partition coefficient (Wildman–Crippen LogP) is 4.10. The third kappa shape index (κ3) is 4.50. The zero-order valence-electron chi connectivity index (χ0n) is 15.6. The Labute approximate surface area is 167 Å². The molecule has 2 N–H and O–H groups in total. The van der Waals surface area contributed by atoms with Crippen LogP contribution < -0.4 is 5.32 Å². The van der Waals surface area contributed by atoms with E-state index in [1.807, 2.05) is 54.6 Å². The Kier molecular flexibility index (Phi) is 5.33. The topological polar surface area (TPSA) is 84.1 Å². The zero-order chi connectivity index (χ0) is 20.1. The van der Waals surface area contributed by atoms with Crippen molar-refractivity contribution in [3.05, 3.63) is 95.7 Å². The summed E-state index contributed by atoms with van der Waals surface area (Å²) in [7, 11) is 0. The van der Waals surface area contributed by atoms with E-state index in [1.165, 1.54) is 0 Å². The first-order valence-electron chi connectivity index (χ1n) is 9.22. The van der Waals surface area contributed by atoms with Gasteiger partial charge >= 0.3 is 5.97 Å². The van der Waals surface area contributed by atoms with Gasteiger partial charge in [0.05, 0.1) is 23.2 Å². The second-order valence-corrected chi connectivity index (χ2v) is 6.59. The maximum Gasteiger partial charge on any atom is 0.338 e. The van der Waals surface area contributed by atoms with Gasteiger partial charge in [0.1, 0.15) is 6.61 Å². The number of ether oxygens (including phenoxy) is 1. The molecule has 1 aromatic heterocycles. The molecular formula is C23H19N3O3. The number of benzene rings is 3. The maximum atomic E-state index is 12.4. The number of rotatable bonds is 6. The lowest BCUT2D eigenvalue weighted by Gasteiger charge is -2.08. The molecule has 6 heteroatoms. The molecule has 0 radical (unpaired) electrons. The molecule has 0 aliphatic rings. The van der Waals surface area contributed by atoms with Crippen LogP contribution in [0, 0.1) is 0 Å². The van der Waals surface area contributed by atoms with Crippen molar-refractivity contribution in [2.24, 2.45) is 0 Å². The minimum atomic E-state index is -0.440. The molecule has 0 aliphatic carbocycles. The summed E-state index contributed by atoms with van der Waals surface area (Å²) < 4.78 is 5.34. The number of fused-ring (bicyclic) bond motifs is 1. The van der Waals surface area contributed by atoms with Gasteiger partial charge in [0.2, 0.25) is 5.91 Å². The van der Waals surface area contributed by atoms with Gasteiger partial charge in [0.25, 0.3) is 0 Å². The Morgan fingerprint density at radius 2 is 1.72 bits per heavy atom. The van der Waals surface area contributed by atoms with Crippen LogP contribution in [-0.2, 0) is 22.6 Å². The lowest BCUT2D eigenvalue weighted by molar-refractivity contribution is -0.115. The number of hydrogen-bond donors (Lipinski definition) is 2. The molecule has 0 aliphatic heterocycles. The fraction of sp³-hybridized carbons (Fsp3) is 0.0870. The molecular weight excluding hydrogens is 366 g/mol. The number of aromatic amines is 1. The maximum absolute atomic E-state index is 12.4. The number of para-hydroxylation sites is 1. The molecule has 29 heavy (non-hydrogen) atoms. The molecule has 3 aromatic carbocycles. The Balaban J connectivity index is 1.39. The van der Waals surface area contributed by atoms with E-state index in [0.717, 1.165) is 22.2 Å². The number of amides is 1. The number of nitrogens with zero attached hydrogens (tertiary/aromatic N) is 1. The van der Waals surface area contributed by atoms with Crippen molar-refractivity contribution in [3.8, 4) is 0 Å². The van der Waals surface area contributed by atoms with E-state index in [0.29, 0.717) is 11.3 Å². The molecule has 0 saturated heterocycles. The predicted molar refractivity (Wildman–Crippen MR) is 110 cm³/mol. The van der Waals surface area contributed by atoms with Gasteiger partial charge in [0.15, 0.2) is 0 Å². The van der Waals surface area contributed by atoms with Gasteiger partial charge in [-0.05, 0) is 29.8 Å². The Morgan fingerprint density at radius 3 is 2.59 bits per heavy atom. The van der Waals surface area contributed by atoms with Crippen LogP contribution in [0.1, 0.15) is 21.6 Å². The number of H-pyrrole nitrogens is 1. The van der Waals surface area contributed by atoms with Gasteiger partial charge in [-0.15, -0.1) is 0 Å². The van der Waals surface area contributed by atoms with Crippen molar-refractivity contribution in [3.63, 3.8) is 0 Å². The Bertz CT molecular complexity index is 1150. The molecule has 1 heterocycles. The quantitative estimate of drug-likeness (QED) is 0.490. The number of anilines is 1. The fourth-order valence-electron chi connectivity index (χ4n) is 3.05. The zero-order valence-corrected chi connectivity index (χ0v) is 15.6. The Hall–Kier alpha value is -3.93. The van der Waals surface area contributed by atoms with Crippen LogP contribution >= 0.6 is 0 Å². The molecule has 0 atom stereocenters. The normalized spacial score (nSPS) is 10.6. The highest BCUT2D eigenvalue weighted by molar-refractivity contribution is 5.96. The number of nitrogens with one attached hydrogen (secondary N) is 2. The lowest BCUT2D eigenvalue weighted by Crippen LogP contribution is -2.15. The third-order valence-electron chi connectivity index (χ3n) is 4.47. The second-order valence-electron chi connectivity index (χ2n) is 6.59. The van der Waals surface area contributed by atoms with Gasteiger partial charge < -0.3 is 10.1 Å². The van der Waals surface area contributed by atoms with Crippen LogP contribution in [-0.4, -0.2) is 22.1 Å². The van der Waals surface area contributed by atoms with Crippen LogP contribution in [0.4, 0.5) is 5.69 Å². The highest BCUT2D eigenvalue weighted by Gasteiger charge is 2.12. The number of hydrogen-bond acceptors (Lipinski definition) is 4. The highest BCUT2D eigenvalue weighted by Crippen LogP contribution is 2.17. The molecule has 0 bridgehead atoms. The van der Waals surface area contributed by atoms with Crippen LogP contribution in [0.2, 0.25) is 0 Å². The Morgan fingerprint density at radius 1 is 0.931 bits per heavy atom. The molecule has 1 amide bonds. The summed E-state index contributed by atoms with van der Waals surface area (Å²) >= 11 is 0. The van der Waals surface area contributed by atoms with Gasteiger partial charge in [-0.3, -0.25) is 9.89 Å². The van der Waals surface area contributed by atoms with Crippen molar-refractivity contribution in [1.82, 2.24) is 10.2 Å². The van der Waals surface area contributed by atoms with Crippen molar-refractivity contribution < 1.29 is 14.3 Å². The van der Waals surface area contributed by atoms with Crippen LogP contribution in [0.15, 0.2) is 78.9 Å². The molecule has 4 aromatic rings. The summed E-state index contributed by atoms with van der Waals surface area (Å²) in [5.74, 6) is -0.640. The molecule has 4 rings (SSSR count). The van der Waals surface area contributed by atoms with E-state index >= 15 is 0 Å². The van der Waals surface area contributed by atoms with E-state index in [2.05, 4.69) is 15.5 Å². The summed E-state index contributed by atoms with van der Waals surface area (Å²) in [6.45, 7) is 0.198. The number of esters is 1. The summed E-state index contributed by atoms with van der Waals surface area (Å²) in [5, 5.41) is 10.8. The lowest BCUT2D eigenvalue weighted by atomic mass is 10.1. The summed E-state index contributed by atoms with van der Waals surface area (Å²) in [4.78, 5) is 24.8. The average Bonchev–Trinajstić information content (AvgIpc) is 3.15. The number of carbonyl (C=O) groups is 2. The first-order chi connectivity index (χ1) is 14.2. The first kappa shape index (κ1) is 18.4. The molecule has 0 saturated carbocycles. The molecule has 0 fully saturated rings. The smallest absolute Gasteiger partial charge is 0.338 e. The third-order valence-corrected chi connectivity index (χ3v) is 4.47. The monoisotopic (exact) mass is 385 g/mol. The number of aromatic nitrogens is 2. The molecule has 6 nitrogen and oxygen atoms in total. The second kappa shape index (κ2) is 8.39. The summed E-state index contributed by atoms with van der Waals surface area (Å²) in [5.41, 5.74) is 3.39. The van der Waals surface area contributed by atoms with Gasteiger partial charge in [0, 0.05) is 11.1 Å². The van der Waals surface area contributed by atoms with Gasteiger partial charge in [-0.25, -0.2) is 4.79 Å². The number of carbonyl (C=O) groups excluding carboxylic acids is 2. The van der Waals surface area contributed by atoms with E-state index in [1.54, 1.807) is 24.3 Å². The molecule has 144 valence electrons. The van der Waals surface area contributed by atoms with Crippen LogP contribution in [0.3, 0.4) is 0 Å². The summed E-state index contributed by atoms with van der Waals surface area (Å²) in [6.07, 6.45) is 0.156. The van der Waals surface area contributed by atoms with E-state index in [9.17, 15) is 9.59 Å². The SMILES string of the molecule is O=C(Cc1[nH]nc2ccccc12)Nc1cccc(C(=O)OCc2ccccc2)c1. The first-order valence-corrected chi connectivity index (χ1v) is 9.22. The molecule has 0 unspecified atom stereocenters. The minimum Gasteiger partial charge on any atom is -0.457 e. The van der Waals surface area contributed by atoms with E-state index < -0.39 is 5.97 Å². The van der Waals surface area contributed by atoms with Crippen LogP contribution in [0.25, 0.3) is 10.9 Å². The van der Waals surface area contributed by atoms with E-state index in [-0.39, 0.29) is 18.9 Å². The molecule has 0 spiro atoms. The highest BCUT2D eigenvalue weighted by atomic mass is 16.5. The summed E-state index contributed by atoms with van der Waals surface area (Å²) in [6, 6.07) is 23.8. The van der Waals surface area contributed by atoms with Crippen LogP contribution in [0.5, 0.6) is 0 Å². The standard InChI is InChI=1S/C23H19N3O3/c27-22(14-21-19-11-4-5-12-20(19)25-26-21)24-18-10-6-9-17(13-18)23(28)29-15-16-7-2-1-3-8-16/h1-13H,14-15H2,(H,24,27)(H,25,26). The fourth-order valence-corrected chi connectivity index (χ4v) is 3.05.